The number of hydrogen-bond donors (Lipinski definition) is 0. The van der Waals surface area contributed by atoms with Gasteiger partial charge in [0.25, 0.3) is 0 Å². The number of rotatable bonds is 14. The summed E-state index contributed by atoms with van der Waals surface area (Å²) in [7, 11) is 0. The van der Waals surface area contributed by atoms with E-state index in [0.717, 1.165) is 19.6 Å². The molecule has 0 aromatic rings. The van der Waals surface area contributed by atoms with Gasteiger partial charge in [-0.1, -0.05) is 63.2 Å². The summed E-state index contributed by atoms with van der Waals surface area (Å²) in [5, 5.41) is 0. The summed E-state index contributed by atoms with van der Waals surface area (Å²) in [5.41, 5.74) is 3.05. The fraction of sp³-hybridized carbons (Fsp3) is 0.846. The van der Waals surface area contributed by atoms with Gasteiger partial charge in [-0.25, -0.2) is 0 Å². The van der Waals surface area contributed by atoms with Gasteiger partial charge >= 0.3 is 0 Å². The normalized spacial score (nSPS) is 19.2. The zero-order valence-corrected chi connectivity index (χ0v) is 19.1. The van der Waals surface area contributed by atoms with Gasteiger partial charge in [-0.05, 0) is 77.2 Å². The maximum Gasteiger partial charge on any atom is 0.197 e. The first-order valence-corrected chi connectivity index (χ1v) is 12.4. The van der Waals surface area contributed by atoms with Gasteiger partial charge in [0, 0.05) is 19.1 Å². The molecule has 0 aromatic heterocycles. The molecular formula is C26H46O2. The number of allylic oxidation sites excluding steroid dienone is 2. The van der Waals surface area contributed by atoms with E-state index in [1.54, 1.807) is 5.57 Å². The zero-order valence-electron chi connectivity index (χ0n) is 19.1. The van der Waals surface area contributed by atoms with Crippen LogP contribution in [0.3, 0.4) is 0 Å². The van der Waals surface area contributed by atoms with Crippen molar-refractivity contribution in [2.75, 3.05) is 13.2 Å². The van der Waals surface area contributed by atoms with Crippen LogP contribution < -0.4 is 0 Å². The summed E-state index contributed by atoms with van der Waals surface area (Å²) < 4.78 is 13.2. The number of hydrogen-bond acceptors (Lipinski definition) is 2. The van der Waals surface area contributed by atoms with Crippen LogP contribution in [0.25, 0.3) is 0 Å². The van der Waals surface area contributed by atoms with Gasteiger partial charge in [-0.3, -0.25) is 0 Å². The van der Waals surface area contributed by atoms with Crippen molar-refractivity contribution in [1.82, 2.24) is 0 Å². The highest BCUT2D eigenvalue weighted by atomic mass is 16.7. The number of unbranched alkanes of at least 4 members (excludes halogenated alkanes) is 5. The molecule has 0 heterocycles. The zero-order chi connectivity index (χ0) is 20.1. The van der Waals surface area contributed by atoms with Crippen LogP contribution in [-0.2, 0) is 9.47 Å². The Hall–Kier alpha value is -0.600. The molecule has 2 heteroatoms. The fourth-order valence-corrected chi connectivity index (χ4v) is 5.16. The first-order chi connectivity index (χ1) is 13.8. The van der Waals surface area contributed by atoms with E-state index < -0.39 is 5.79 Å². The van der Waals surface area contributed by atoms with Crippen LogP contribution in [-0.4, -0.2) is 19.0 Å². The standard InChI is InChI=1S/C26H46O2/c1-4-7-8-9-10-17-22-25(23-18-13-11-14-19-23)26(27-5-2,28-6-3)24-20-15-12-16-21-24/h18,20,25H,4-17,19,21-22H2,1-3H3. The molecular weight excluding hydrogens is 344 g/mol. The maximum absolute atomic E-state index is 6.59. The Morgan fingerprint density at radius 1 is 0.786 bits per heavy atom. The van der Waals surface area contributed by atoms with Crippen molar-refractivity contribution in [3.63, 3.8) is 0 Å². The van der Waals surface area contributed by atoms with Gasteiger partial charge in [-0.2, -0.15) is 0 Å². The van der Waals surface area contributed by atoms with E-state index in [4.69, 9.17) is 9.47 Å². The molecule has 0 fully saturated rings. The first kappa shape index (κ1) is 23.7. The van der Waals surface area contributed by atoms with Crippen molar-refractivity contribution >= 4 is 0 Å². The quantitative estimate of drug-likeness (QED) is 0.169. The molecule has 0 spiro atoms. The third-order valence-electron chi connectivity index (χ3n) is 6.53. The highest BCUT2D eigenvalue weighted by Gasteiger charge is 2.45. The summed E-state index contributed by atoms with van der Waals surface area (Å²) in [6.45, 7) is 8.00. The van der Waals surface area contributed by atoms with E-state index in [-0.39, 0.29) is 0 Å². The fourth-order valence-electron chi connectivity index (χ4n) is 5.16. The van der Waals surface area contributed by atoms with E-state index in [9.17, 15) is 0 Å². The summed E-state index contributed by atoms with van der Waals surface area (Å²) >= 11 is 0. The van der Waals surface area contributed by atoms with E-state index in [0.29, 0.717) is 5.92 Å². The Bertz CT molecular complexity index is 471. The topological polar surface area (TPSA) is 18.5 Å². The SMILES string of the molecule is CCCCCCCCC(C1=CCCCC1)C(OCC)(OCC)C1=CCCCC1. The average molecular weight is 391 g/mol. The van der Waals surface area contributed by atoms with Crippen molar-refractivity contribution in [3.8, 4) is 0 Å². The molecule has 0 saturated carbocycles. The third kappa shape index (κ3) is 6.73. The smallest absolute Gasteiger partial charge is 0.197 e. The Labute approximate surface area is 175 Å². The van der Waals surface area contributed by atoms with Gasteiger partial charge in [0.1, 0.15) is 0 Å². The van der Waals surface area contributed by atoms with E-state index in [1.807, 2.05) is 0 Å². The molecule has 2 nitrogen and oxygen atoms in total. The molecule has 0 N–H and O–H groups in total. The average Bonchev–Trinajstić information content (AvgIpc) is 2.74. The van der Waals surface area contributed by atoms with Crippen molar-refractivity contribution in [2.45, 2.75) is 123 Å². The largest absolute Gasteiger partial charge is 0.346 e. The van der Waals surface area contributed by atoms with E-state index >= 15 is 0 Å². The molecule has 0 radical (unpaired) electrons. The lowest BCUT2D eigenvalue weighted by molar-refractivity contribution is -0.235. The second-order valence-corrected chi connectivity index (χ2v) is 8.64. The number of ether oxygens (including phenoxy) is 2. The second kappa shape index (κ2) is 13.6. The summed E-state index contributed by atoms with van der Waals surface area (Å²) in [6, 6.07) is 0. The molecule has 0 aliphatic heterocycles. The van der Waals surface area contributed by atoms with Gasteiger partial charge in [0.05, 0.1) is 0 Å². The Balaban J connectivity index is 2.23. The van der Waals surface area contributed by atoms with Crippen molar-refractivity contribution < 1.29 is 9.47 Å². The molecule has 1 unspecified atom stereocenters. The summed E-state index contributed by atoms with van der Waals surface area (Å²) in [5.74, 6) is -0.125. The van der Waals surface area contributed by atoms with E-state index in [2.05, 4.69) is 32.9 Å². The van der Waals surface area contributed by atoms with Gasteiger partial charge in [-0.15, -0.1) is 0 Å². The van der Waals surface area contributed by atoms with Gasteiger partial charge in [0.15, 0.2) is 5.79 Å². The lowest BCUT2D eigenvalue weighted by Gasteiger charge is -2.44. The molecule has 0 aromatic carbocycles. The lowest BCUT2D eigenvalue weighted by atomic mass is 9.75. The highest BCUT2D eigenvalue weighted by molar-refractivity contribution is 5.25. The highest BCUT2D eigenvalue weighted by Crippen LogP contribution is 2.45. The van der Waals surface area contributed by atoms with Crippen molar-refractivity contribution in [1.29, 1.82) is 0 Å². The Morgan fingerprint density at radius 3 is 2.00 bits per heavy atom. The minimum absolute atomic E-state index is 0.392. The summed E-state index contributed by atoms with van der Waals surface area (Å²) in [4.78, 5) is 0. The van der Waals surface area contributed by atoms with Gasteiger partial charge in [0.2, 0.25) is 0 Å². The maximum atomic E-state index is 6.59. The van der Waals surface area contributed by atoms with Crippen LogP contribution in [0, 0.1) is 5.92 Å². The molecule has 0 bridgehead atoms. The minimum Gasteiger partial charge on any atom is -0.346 e. The Morgan fingerprint density at radius 2 is 1.43 bits per heavy atom. The van der Waals surface area contributed by atoms with Crippen LogP contribution in [0.2, 0.25) is 0 Å². The third-order valence-corrected chi connectivity index (χ3v) is 6.53. The van der Waals surface area contributed by atoms with Crippen LogP contribution in [0.4, 0.5) is 0 Å². The molecule has 1 atom stereocenters. The molecule has 2 rings (SSSR count). The Kier molecular flexibility index (Phi) is 11.5. The minimum atomic E-state index is -0.517. The molecule has 2 aliphatic rings. The van der Waals surface area contributed by atoms with Crippen LogP contribution >= 0.6 is 0 Å². The monoisotopic (exact) mass is 390 g/mol. The van der Waals surface area contributed by atoms with Crippen LogP contribution in [0.5, 0.6) is 0 Å². The van der Waals surface area contributed by atoms with Crippen molar-refractivity contribution in [3.05, 3.63) is 23.3 Å². The molecule has 28 heavy (non-hydrogen) atoms. The van der Waals surface area contributed by atoms with Crippen LogP contribution in [0.1, 0.15) is 117 Å². The lowest BCUT2D eigenvalue weighted by Crippen LogP contribution is -2.47. The summed E-state index contributed by atoms with van der Waals surface area (Å²) in [6.07, 6.45) is 24.3. The molecule has 162 valence electrons. The molecule has 0 saturated heterocycles. The first-order valence-electron chi connectivity index (χ1n) is 12.4. The van der Waals surface area contributed by atoms with Crippen molar-refractivity contribution in [2.24, 2.45) is 5.92 Å². The van der Waals surface area contributed by atoms with E-state index in [1.165, 1.54) is 95.5 Å². The second-order valence-electron chi connectivity index (χ2n) is 8.64. The molecule has 0 amide bonds. The van der Waals surface area contributed by atoms with Crippen LogP contribution in [0.15, 0.2) is 23.3 Å². The predicted molar refractivity (Wildman–Crippen MR) is 121 cm³/mol. The predicted octanol–water partition coefficient (Wildman–Crippen LogP) is 8.12. The van der Waals surface area contributed by atoms with Gasteiger partial charge < -0.3 is 9.47 Å². The molecule has 2 aliphatic carbocycles.